The maximum absolute atomic E-state index is 12.5. The number of piperidine rings is 1. The molecule has 3 atom stereocenters. The molecule has 2 heterocycles. The van der Waals surface area contributed by atoms with E-state index in [2.05, 4.69) is 10.6 Å². The Morgan fingerprint density at radius 1 is 1.11 bits per heavy atom. The van der Waals surface area contributed by atoms with E-state index in [-0.39, 0.29) is 30.3 Å². The quantitative estimate of drug-likeness (QED) is 0.828. The standard InChI is InChI=1S/C21H29N3O2.ClH/c25-20-7-3-4-12-24(20)17-10-8-15(9-11-17)14-22-21(26)19-13-16-5-1-2-6-18(16)23-19;/h8-11,16,18-19,23H,1-7,12-14H2,(H,22,26);1H. The van der Waals surface area contributed by atoms with Crippen LogP contribution >= 0.6 is 12.4 Å². The first kappa shape index (κ1) is 20.2. The van der Waals surface area contributed by atoms with Crippen LogP contribution in [-0.2, 0) is 16.1 Å². The molecule has 1 aliphatic carbocycles. The van der Waals surface area contributed by atoms with E-state index < -0.39 is 0 Å². The number of hydrogen-bond acceptors (Lipinski definition) is 3. The van der Waals surface area contributed by atoms with Gasteiger partial charge in [0.05, 0.1) is 6.04 Å². The minimum Gasteiger partial charge on any atom is -0.351 e. The van der Waals surface area contributed by atoms with Crippen LogP contribution in [0.3, 0.4) is 0 Å². The Kier molecular flexibility index (Phi) is 6.77. The molecule has 27 heavy (non-hydrogen) atoms. The minimum atomic E-state index is -0.0339. The van der Waals surface area contributed by atoms with Gasteiger partial charge in [-0.2, -0.15) is 0 Å². The van der Waals surface area contributed by atoms with Crippen LogP contribution < -0.4 is 15.5 Å². The smallest absolute Gasteiger partial charge is 0.237 e. The van der Waals surface area contributed by atoms with Gasteiger partial charge in [-0.1, -0.05) is 25.0 Å². The zero-order chi connectivity index (χ0) is 17.9. The molecule has 3 fully saturated rings. The van der Waals surface area contributed by atoms with E-state index in [4.69, 9.17) is 0 Å². The summed E-state index contributed by atoms with van der Waals surface area (Å²) in [5, 5.41) is 6.61. The lowest BCUT2D eigenvalue weighted by atomic mass is 9.85. The Morgan fingerprint density at radius 3 is 2.63 bits per heavy atom. The molecule has 4 rings (SSSR count). The third-order valence-corrected chi connectivity index (χ3v) is 6.22. The van der Waals surface area contributed by atoms with Gasteiger partial charge < -0.3 is 15.5 Å². The van der Waals surface area contributed by atoms with Gasteiger partial charge in [0.15, 0.2) is 0 Å². The zero-order valence-corrected chi connectivity index (χ0v) is 16.6. The van der Waals surface area contributed by atoms with Gasteiger partial charge in [-0.15, -0.1) is 12.4 Å². The van der Waals surface area contributed by atoms with Crippen molar-refractivity contribution in [2.75, 3.05) is 11.4 Å². The fraction of sp³-hybridized carbons (Fsp3) is 0.619. The lowest BCUT2D eigenvalue weighted by Gasteiger charge is -2.26. The second kappa shape index (κ2) is 9.07. The number of anilines is 1. The summed E-state index contributed by atoms with van der Waals surface area (Å²) >= 11 is 0. The first-order valence-corrected chi connectivity index (χ1v) is 10.1. The Labute approximate surface area is 167 Å². The van der Waals surface area contributed by atoms with E-state index in [0.717, 1.165) is 37.1 Å². The molecule has 2 saturated heterocycles. The third-order valence-electron chi connectivity index (χ3n) is 6.22. The van der Waals surface area contributed by atoms with Crippen molar-refractivity contribution in [2.24, 2.45) is 5.92 Å². The van der Waals surface area contributed by atoms with Gasteiger partial charge in [0.2, 0.25) is 11.8 Å². The first-order valence-electron chi connectivity index (χ1n) is 10.1. The number of nitrogens with zero attached hydrogens (tertiary/aromatic N) is 1. The van der Waals surface area contributed by atoms with Crippen LogP contribution in [0.5, 0.6) is 0 Å². The number of benzene rings is 1. The highest BCUT2D eigenvalue weighted by atomic mass is 35.5. The molecule has 3 aliphatic rings. The average Bonchev–Trinajstić information content (AvgIpc) is 3.11. The third kappa shape index (κ3) is 4.64. The van der Waals surface area contributed by atoms with Crippen molar-refractivity contribution in [3.63, 3.8) is 0 Å². The molecule has 0 radical (unpaired) electrons. The Bertz CT molecular complexity index is 650. The van der Waals surface area contributed by atoms with E-state index in [9.17, 15) is 9.59 Å². The van der Waals surface area contributed by atoms with E-state index in [1.54, 1.807) is 0 Å². The SMILES string of the molecule is Cl.O=C(NCc1ccc(N2CCCCC2=O)cc1)C1CC2CCCCC2N1. The number of fused-ring (bicyclic) bond motifs is 1. The normalized spacial score (nSPS) is 27.6. The number of amides is 2. The largest absolute Gasteiger partial charge is 0.351 e. The topological polar surface area (TPSA) is 61.4 Å². The second-order valence-electron chi connectivity index (χ2n) is 7.99. The van der Waals surface area contributed by atoms with Crippen molar-refractivity contribution in [1.82, 2.24) is 10.6 Å². The summed E-state index contributed by atoms with van der Waals surface area (Å²) in [5.74, 6) is 1.02. The fourth-order valence-electron chi connectivity index (χ4n) is 4.71. The summed E-state index contributed by atoms with van der Waals surface area (Å²) in [7, 11) is 0. The Hall–Kier alpha value is -1.59. The first-order chi connectivity index (χ1) is 12.7. The summed E-state index contributed by atoms with van der Waals surface area (Å²) in [6, 6.07) is 8.52. The van der Waals surface area contributed by atoms with Gasteiger partial charge in [-0.3, -0.25) is 9.59 Å². The number of carbonyl (C=O) groups excluding carboxylic acids is 2. The lowest BCUT2D eigenvalue weighted by Crippen LogP contribution is -2.42. The lowest BCUT2D eigenvalue weighted by molar-refractivity contribution is -0.123. The molecule has 0 aromatic heterocycles. The van der Waals surface area contributed by atoms with Gasteiger partial charge in [0, 0.05) is 31.2 Å². The van der Waals surface area contributed by atoms with Gasteiger partial charge in [-0.05, 0) is 55.7 Å². The molecule has 0 bridgehead atoms. The molecule has 2 aliphatic heterocycles. The average molecular weight is 392 g/mol. The van der Waals surface area contributed by atoms with Crippen LogP contribution in [0.2, 0.25) is 0 Å². The molecule has 2 N–H and O–H groups in total. The molecule has 1 saturated carbocycles. The molecule has 1 aromatic rings. The van der Waals surface area contributed by atoms with E-state index in [0.29, 0.717) is 24.9 Å². The number of rotatable bonds is 4. The monoisotopic (exact) mass is 391 g/mol. The Morgan fingerprint density at radius 2 is 1.89 bits per heavy atom. The molecule has 2 amide bonds. The molecule has 0 spiro atoms. The van der Waals surface area contributed by atoms with Crippen LogP contribution in [0.4, 0.5) is 5.69 Å². The Balaban J connectivity index is 0.00000210. The second-order valence-corrected chi connectivity index (χ2v) is 7.99. The van der Waals surface area contributed by atoms with Crippen molar-refractivity contribution in [1.29, 1.82) is 0 Å². The van der Waals surface area contributed by atoms with Crippen molar-refractivity contribution in [3.05, 3.63) is 29.8 Å². The summed E-state index contributed by atoms with van der Waals surface area (Å²) in [6.07, 6.45) is 8.76. The highest BCUT2D eigenvalue weighted by Gasteiger charge is 2.37. The maximum Gasteiger partial charge on any atom is 0.237 e. The van der Waals surface area contributed by atoms with E-state index in [1.165, 1.54) is 25.7 Å². The van der Waals surface area contributed by atoms with Gasteiger partial charge in [-0.25, -0.2) is 0 Å². The summed E-state index contributed by atoms with van der Waals surface area (Å²) in [4.78, 5) is 26.4. The van der Waals surface area contributed by atoms with Gasteiger partial charge in [0.1, 0.15) is 0 Å². The predicted molar refractivity (Wildman–Crippen MR) is 109 cm³/mol. The van der Waals surface area contributed by atoms with Crippen LogP contribution in [0.25, 0.3) is 0 Å². The number of nitrogens with one attached hydrogen (secondary N) is 2. The minimum absolute atomic E-state index is 0. The van der Waals surface area contributed by atoms with Crippen LogP contribution in [0.1, 0.15) is 56.9 Å². The number of carbonyl (C=O) groups is 2. The highest BCUT2D eigenvalue weighted by Crippen LogP contribution is 2.33. The summed E-state index contributed by atoms with van der Waals surface area (Å²) in [6.45, 7) is 1.35. The fourth-order valence-corrected chi connectivity index (χ4v) is 4.71. The maximum atomic E-state index is 12.5. The van der Waals surface area contributed by atoms with Crippen LogP contribution in [0.15, 0.2) is 24.3 Å². The zero-order valence-electron chi connectivity index (χ0n) is 15.8. The van der Waals surface area contributed by atoms with Crippen molar-refractivity contribution in [2.45, 2.75) is 70.0 Å². The molecule has 1 aromatic carbocycles. The molecule has 6 heteroatoms. The van der Waals surface area contributed by atoms with Crippen LogP contribution in [0, 0.1) is 5.92 Å². The number of hydrogen-bond donors (Lipinski definition) is 2. The van der Waals surface area contributed by atoms with Crippen molar-refractivity contribution < 1.29 is 9.59 Å². The van der Waals surface area contributed by atoms with Gasteiger partial charge in [0.25, 0.3) is 0 Å². The summed E-state index contributed by atoms with van der Waals surface area (Å²) < 4.78 is 0. The summed E-state index contributed by atoms with van der Waals surface area (Å²) in [5.41, 5.74) is 2.04. The van der Waals surface area contributed by atoms with E-state index in [1.807, 2.05) is 29.2 Å². The molecule has 5 nitrogen and oxygen atoms in total. The van der Waals surface area contributed by atoms with Crippen molar-refractivity contribution in [3.8, 4) is 0 Å². The highest BCUT2D eigenvalue weighted by molar-refractivity contribution is 5.94. The van der Waals surface area contributed by atoms with E-state index >= 15 is 0 Å². The molecular weight excluding hydrogens is 362 g/mol. The van der Waals surface area contributed by atoms with Crippen LogP contribution in [-0.4, -0.2) is 30.4 Å². The number of halogens is 1. The predicted octanol–water partition coefficient (Wildman–Crippen LogP) is 3.16. The molecular formula is C21H30ClN3O2. The van der Waals surface area contributed by atoms with Crippen molar-refractivity contribution >= 4 is 29.9 Å². The molecule has 3 unspecified atom stereocenters. The van der Waals surface area contributed by atoms with Gasteiger partial charge >= 0.3 is 0 Å². The molecule has 148 valence electrons.